The monoisotopic (exact) mass is 431 g/mol. The van der Waals surface area contributed by atoms with Gasteiger partial charge in [0, 0.05) is 17.1 Å². The molecule has 2 aromatic carbocycles. The number of hydrogen-bond donors (Lipinski definition) is 0. The number of benzene rings is 2. The number of hydrogen-bond acceptors (Lipinski definition) is 5. The molecule has 28 heavy (non-hydrogen) atoms. The van der Waals surface area contributed by atoms with Crippen molar-refractivity contribution >= 4 is 33.3 Å². The Bertz CT molecular complexity index is 947. The molecule has 0 saturated carbocycles. The molecule has 0 radical (unpaired) electrons. The van der Waals surface area contributed by atoms with Crippen LogP contribution in [0.25, 0.3) is 0 Å². The predicted molar refractivity (Wildman–Crippen MR) is 97.8 cm³/mol. The van der Waals surface area contributed by atoms with Crippen molar-refractivity contribution in [1.82, 2.24) is 4.90 Å². The van der Waals surface area contributed by atoms with Gasteiger partial charge in [-0.3, -0.25) is 9.59 Å². The third-order valence-electron chi connectivity index (χ3n) is 3.79. The Kier molecular flexibility index (Phi) is 7.09. The van der Waals surface area contributed by atoms with Gasteiger partial charge in [0.1, 0.15) is 6.54 Å². The van der Waals surface area contributed by atoms with Crippen LogP contribution in [0.5, 0.6) is 0 Å². The standard InChI is InChI=1S/C18H16ClF2NO5S/c1-27-16(23)11-22(10-12-2-6-14(19)7-3-12)17(24)13-4-8-15(9-5-13)28(25,26)18(20)21/h2-9,18H,10-11H2,1H3. The van der Waals surface area contributed by atoms with Crippen molar-refractivity contribution in [3.05, 3.63) is 64.7 Å². The van der Waals surface area contributed by atoms with Gasteiger partial charge in [-0.2, -0.15) is 8.78 Å². The maximum Gasteiger partial charge on any atom is 0.341 e. The Hall–Kier alpha value is -2.52. The lowest BCUT2D eigenvalue weighted by Gasteiger charge is -2.22. The number of methoxy groups -OCH3 is 1. The molecule has 0 unspecified atom stereocenters. The molecule has 0 heterocycles. The van der Waals surface area contributed by atoms with E-state index in [1.807, 2.05) is 0 Å². The molecule has 0 aromatic heterocycles. The number of carbonyl (C=O) groups excluding carboxylic acids is 2. The van der Waals surface area contributed by atoms with E-state index >= 15 is 0 Å². The number of ether oxygens (including phenoxy) is 1. The Balaban J connectivity index is 2.28. The number of sulfone groups is 1. The van der Waals surface area contributed by atoms with E-state index in [-0.39, 0.29) is 18.7 Å². The first kappa shape index (κ1) is 21.8. The van der Waals surface area contributed by atoms with Crippen LogP contribution in [-0.2, 0) is 25.9 Å². The van der Waals surface area contributed by atoms with Crippen molar-refractivity contribution in [3.63, 3.8) is 0 Å². The molecular weight excluding hydrogens is 416 g/mol. The van der Waals surface area contributed by atoms with E-state index < -0.39 is 32.4 Å². The Labute approximate surface area is 165 Å². The van der Waals surface area contributed by atoms with Crippen LogP contribution < -0.4 is 0 Å². The van der Waals surface area contributed by atoms with Crippen molar-refractivity contribution in [2.45, 2.75) is 17.2 Å². The second-order valence-electron chi connectivity index (χ2n) is 5.69. The minimum atomic E-state index is -4.76. The smallest absolute Gasteiger partial charge is 0.341 e. The summed E-state index contributed by atoms with van der Waals surface area (Å²) in [6.45, 7) is -0.294. The minimum Gasteiger partial charge on any atom is -0.468 e. The maximum absolute atomic E-state index is 12.8. The van der Waals surface area contributed by atoms with Crippen LogP contribution in [0.15, 0.2) is 53.4 Å². The maximum atomic E-state index is 12.8. The van der Waals surface area contributed by atoms with E-state index in [1.54, 1.807) is 24.3 Å². The summed E-state index contributed by atoms with van der Waals surface area (Å²) in [5, 5.41) is 0.505. The van der Waals surface area contributed by atoms with Crippen LogP contribution in [0.3, 0.4) is 0 Å². The number of esters is 1. The zero-order valence-corrected chi connectivity index (χ0v) is 16.2. The molecule has 1 amide bonds. The molecule has 0 aliphatic carbocycles. The van der Waals surface area contributed by atoms with Crippen molar-refractivity contribution in [1.29, 1.82) is 0 Å². The van der Waals surface area contributed by atoms with Gasteiger partial charge < -0.3 is 9.64 Å². The summed E-state index contributed by atoms with van der Waals surface area (Å²) < 4.78 is 52.8. The van der Waals surface area contributed by atoms with Gasteiger partial charge in [-0.1, -0.05) is 23.7 Å². The molecule has 0 spiro atoms. The van der Waals surface area contributed by atoms with Crippen LogP contribution in [0.1, 0.15) is 15.9 Å². The molecule has 0 bridgehead atoms. The summed E-state index contributed by atoms with van der Waals surface area (Å²) >= 11 is 5.83. The summed E-state index contributed by atoms with van der Waals surface area (Å²) in [5.74, 6) is -4.81. The highest BCUT2D eigenvalue weighted by Crippen LogP contribution is 2.20. The van der Waals surface area contributed by atoms with E-state index in [0.717, 1.165) is 24.3 Å². The first-order chi connectivity index (χ1) is 13.1. The van der Waals surface area contributed by atoms with E-state index in [2.05, 4.69) is 4.74 Å². The van der Waals surface area contributed by atoms with Crippen LogP contribution in [0.4, 0.5) is 8.78 Å². The molecule has 0 N–H and O–H groups in total. The number of halogens is 3. The molecule has 2 rings (SSSR count). The Morgan fingerprint density at radius 1 is 1.07 bits per heavy atom. The summed E-state index contributed by atoms with van der Waals surface area (Å²) in [4.78, 5) is 25.0. The molecular formula is C18H16ClF2NO5S. The summed E-state index contributed by atoms with van der Waals surface area (Å²) in [6.07, 6.45) is 0. The van der Waals surface area contributed by atoms with Crippen molar-refractivity contribution in [2.24, 2.45) is 0 Å². The number of nitrogens with zero attached hydrogens (tertiary/aromatic N) is 1. The fourth-order valence-corrected chi connectivity index (χ4v) is 3.15. The SMILES string of the molecule is COC(=O)CN(Cc1ccc(Cl)cc1)C(=O)c1ccc(S(=O)(=O)C(F)F)cc1. The van der Waals surface area contributed by atoms with Gasteiger partial charge in [-0.15, -0.1) is 0 Å². The first-order valence-electron chi connectivity index (χ1n) is 7.88. The molecule has 2 aromatic rings. The van der Waals surface area contributed by atoms with Crippen LogP contribution in [-0.4, -0.2) is 44.6 Å². The number of amides is 1. The predicted octanol–water partition coefficient (Wildman–Crippen LogP) is 3.15. The highest BCUT2D eigenvalue weighted by atomic mass is 35.5. The molecule has 10 heteroatoms. The lowest BCUT2D eigenvalue weighted by Crippen LogP contribution is -2.35. The van der Waals surface area contributed by atoms with Gasteiger partial charge in [-0.05, 0) is 42.0 Å². The quantitative estimate of drug-likeness (QED) is 0.629. The molecule has 0 atom stereocenters. The first-order valence-corrected chi connectivity index (χ1v) is 9.80. The van der Waals surface area contributed by atoms with E-state index in [4.69, 9.17) is 11.6 Å². The summed E-state index contributed by atoms with van der Waals surface area (Å²) in [6, 6.07) is 10.7. The van der Waals surface area contributed by atoms with E-state index in [0.29, 0.717) is 10.6 Å². The second kappa shape index (κ2) is 9.11. The second-order valence-corrected chi connectivity index (χ2v) is 8.05. The topological polar surface area (TPSA) is 80.8 Å². The summed E-state index contributed by atoms with van der Waals surface area (Å²) in [7, 11) is -3.58. The van der Waals surface area contributed by atoms with Crippen molar-refractivity contribution in [3.8, 4) is 0 Å². The molecule has 0 aliphatic rings. The molecule has 0 aliphatic heterocycles. The third kappa shape index (κ3) is 5.26. The van der Waals surface area contributed by atoms with Gasteiger partial charge in [0.25, 0.3) is 5.91 Å². The van der Waals surface area contributed by atoms with Gasteiger partial charge in [0.15, 0.2) is 0 Å². The van der Waals surface area contributed by atoms with Crippen LogP contribution in [0, 0.1) is 0 Å². The zero-order chi connectivity index (χ0) is 20.9. The Morgan fingerprint density at radius 3 is 2.14 bits per heavy atom. The van der Waals surface area contributed by atoms with Crippen LogP contribution in [0.2, 0.25) is 5.02 Å². The van der Waals surface area contributed by atoms with Crippen molar-refractivity contribution in [2.75, 3.05) is 13.7 Å². The van der Waals surface area contributed by atoms with Gasteiger partial charge >= 0.3 is 11.7 Å². The van der Waals surface area contributed by atoms with Gasteiger partial charge in [0.05, 0.1) is 12.0 Å². The average Bonchev–Trinajstić information content (AvgIpc) is 2.68. The molecule has 150 valence electrons. The molecule has 0 fully saturated rings. The van der Waals surface area contributed by atoms with E-state index in [1.165, 1.54) is 12.0 Å². The van der Waals surface area contributed by atoms with Gasteiger partial charge in [-0.25, -0.2) is 8.42 Å². The lowest BCUT2D eigenvalue weighted by atomic mass is 10.1. The molecule has 0 saturated heterocycles. The highest BCUT2D eigenvalue weighted by molar-refractivity contribution is 7.91. The largest absolute Gasteiger partial charge is 0.468 e. The number of carbonyl (C=O) groups is 2. The van der Waals surface area contributed by atoms with E-state index in [9.17, 15) is 26.8 Å². The van der Waals surface area contributed by atoms with Gasteiger partial charge in [0.2, 0.25) is 9.84 Å². The number of alkyl halides is 2. The van der Waals surface area contributed by atoms with Crippen LogP contribution >= 0.6 is 11.6 Å². The normalized spacial score (nSPS) is 11.3. The van der Waals surface area contributed by atoms with Crippen molar-refractivity contribution < 1.29 is 31.5 Å². The average molecular weight is 432 g/mol. The molecule has 6 nitrogen and oxygen atoms in total. The highest BCUT2D eigenvalue weighted by Gasteiger charge is 2.27. The minimum absolute atomic E-state index is 0.0334. The third-order valence-corrected chi connectivity index (χ3v) is 5.44. The number of rotatable bonds is 7. The fourth-order valence-electron chi connectivity index (χ4n) is 2.30. The lowest BCUT2D eigenvalue weighted by molar-refractivity contribution is -0.141. The Morgan fingerprint density at radius 2 is 1.64 bits per heavy atom. The fraction of sp³-hybridized carbons (Fsp3) is 0.222. The zero-order valence-electron chi connectivity index (χ0n) is 14.6. The summed E-state index contributed by atoms with van der Waals surface area (Å²) in [5.41, 5.74) is 0.727.